The number of thiophene rings is 1. The van der Waals surface area contributed by atoms with Crippen molar-refractivity contribution in [2.75, 3.05) is 38.0 Å². The van der Waals surface area contributed by atoms with Crippen LogP contribution in [0.25, 0.3) is 26.4 Å². The first-order valence-electron chi connectivity index (χ1n) is 13.8. The molecule has 1 saturated heterocycles. The summed E-state index contributed by atoms with van der Waals surface area (Å²) in [5.74, 6) is 0.907. The van der Waals surface area contributed by atoms with E-state index in [4.69, 9.17) is 16.3 Å². The Morgan fingerprint density at radius 1 is 1.10 bits per heavy atom. The van der Waals surface area contributed by atoms with E-state index in [1.54, 1.807) is 41.7 Å². The molecule has 1 N–H and O–H groups in total. The standard InChI is InChI=1S/C32H29ClFN5O2S/c1-2-38-12-14-39(15-13-38)29(40)11-7-21-6-9-25-28(17-21)42-32-30(25)31(35-20-36-32)37-24-8-10-27(26(33)18-24)41-19-22-4-3-5-23(34)16-22/h3-11,16-18,20H,2,12-15,19H2,1H3,(H,35,36,37). The Hall–Kier alpha value is -4.05. The Kier molecular flexibility index (Phi) is 8.32. The van der Waals surface area contributed by atoms with E-state index in [9.17, 15) is 9.18 Å². The van der Waals surface area contributed by atoms with Crippen molar-refractivity contribution in [3.63, 3.8) is 0 Å². The van der Waals surface area contributed by atoms with E-state index in [0.717, 1.165) is 69.8 Å². The van der Waals surface area contributed by atoms with Crippen LogP contribution >= 0.6 is 22.9 Å². The van der Waals surface area contributed by atoms with E-state index < -0.39 is 0 Å². The fraction of sp³-hybridized carbons (Fsp3) is 0.219. The summed E-state index contributed by atoms with van der Waals surface area (Å²) in [4.78, 5) is 26.8. The third kappa shape index (κ3) is 6.23. The molecule has 3 heterocycles. The van der Waals surface area contributed by atoms with Crippen molar-refractivity contribution in [3.8, 4) is 5.75 Å². The molecule has 6 rings (SSSR count). The minimum Gasteiger partial charge on any atom is -0.487 e. The Morgan fingerprint density at radius 3 is 2.74 bits per heavy atom. The van der Waals surface area contributed by atoms with Gasteiger partial charge in [-0.3, -0.25) is 4.79 Å². The van der Waals surface area contributed by atoms with Gasteiger partial charge in [-0.2, -0.15) is 0 Å². The zero-order chi connectivity index (χ0) is 29.1. The number of nitrogens with one attached hydrogen (secondary N) is 1. The van der Waals surface area contributed by atoms with Gasteiger partial charge in [0.15, 0.2) is 0 Å². The van der Waals surface area contributed by atoms with E-state index in [-0.39, 0.29) is 18.3 Å². The zero-order valence-electron chi connectivity index (χ0n) is 23.0. The number of rotatable bonds is 8. The van der Waals surface area contributed by atoms with Gasteiger partial charge in [0.05, 0.1) is 10.4 Å². The molecule has 0 bridgehead atoms. The number of hydrogen-bond donors (Lipinski definition) is 1. The van der Waals surface area contributed by atoms with Crippen LogP contribution in [0.5, 0.6) is 5.75 Å². The van der Waals surface area contributed by atoms with Gasteiger partial charge in [0.25, 0.3) is 0 Å². The van der Waals surface area contributed by atoms with Crippen molar-refractivity contribution in [1.82, 2.24) is 19.8 Å². The molecular formula is C32H29ClFN5O2S. The lowest BCUT2D eigenvalue weighted by atomic mass is 10.1. The minimum atomic E-state index is -0.307. The molecule has 10 heteroatoms. The third-order valence-corrected chi connectivity index (χ3v) is 8.68. The average Bonchev–Trinajstić information content (AvgIpc) is 3.38. The molecule has 7 nitrogen and oxygen atoms in total. The molecule has 5 aromatic rings. The van der Waals surface area contributed by atoms with Crippen molar-refractivity contribution in [2.45, 2.75) is 13.5 Å². The first-order chi connectivity index (χ1) is 20.5. The number of fused-ring (bicyclic) bond motifs is 3. The molecule has 2 aromatic heterocycles. The second-order valence-electron chi connectivity index (χ2n) is 10.0. The maximum atomic E-state index is 13.5. The van der Waals surface area contributed by atoms with Crippen molar-refractivity contribution < 1.29 is 13.9 Å². The highest BCUT2D eigenvalue weighted by Crippen LogP contribution is 2.38. The van der Waals surface area contributed by atoms with Crippen molar-refractivity contribution in [1.29, 1.82) is 0 Å². The molecule has 1 aliphatic heterocycles. The highest BCUT2D eigenvalue weighted by atomic mass is 35.5. The van der Waals surface area contributed by atoms with Gasteiger partial charge in [-0.1, -0.05) is 42.8 Å². The summed E-state index contributed by atoms with van der Waals surface area (Å²) >= 11 is 8.09. The summed E-state index contributed by atoms with van der Waals surface area (Å²) in [6.07, 6.45) is 5.08. The van der Waals surface area contributed by atoms with E-state index in [1.807, 2.05) is 29.2 Å². The van der Waals surface area contributed by atoms with E-state index >= 15 is 0 Å². The van der Waals surface area contributed by atoms with Crippen molar-refractivity contribution >= 4 is 66.7 Å². The Bertz CT molecular complexity index is 1780. The molecule has 214 valence electrons. The van der Waals surface area contributed by atoms with Gasteiger partial charge in [-0.25, -0.2) is 14.4 Å². The predicted octanol–water partition coefficient (Wildman–Crippen LogP) is 7.14. The fourth-order valence-corrected chi connectivity index (χ4v) is 6.33. The Balaban J connectivity index is 1.17. The van der Waals surface area contributed by atoms with Gasteiger partial charge < -0.3 is 19.9 Å². The Labute approximate surface area is 252 Å². The monoisotopic (exact) mass is 601 g/mol. The summed E-state index contributed by atoms with van der Waals surface area (Å²) in [6, 6.07) is 17.8. The lowest BCUT2D eigenvalue weighted by Gasteiger charge is -2.33. The topological polar surface area (TPSA) is 70.6 Å². The number of piperazine rings is 1. The SMILES string of the molecule is CCN1CCN(C(=O)C=Cc2ccc3c(c2)sc2ncnc(Nc4ccc(OCc5cccc(F)c5)c(Cl)c4)c23)CC1. The van der Waals surface area contributed by atoms with E-state index in [1.165, 1.54) is 18.5 Å². The van der Waals surface area contributed by atoms with E-state index in [2.05, 4.69) is 33.2 Å². The van der Waals surface area contributed by atoms with Gasteiger partial charge in [-0.05, 0) is 60.1 Å². The van der Waals surface area contributed by atoms with Crippen molar-refractivity contribution in [2.24, 2.45) is 0 Å². The molecule has 0 unspecified atom stereocenters. The number of benzene rings is 3. The maximum Gasteiger partial charge on any atom is 0.246 e. The predicted molar refractivity (Wildman–Crippen MR) is 168 cm³/mol. The number of halogens is 2. The number of nitrogens with zero attached hydrogens (tertiary/aromatic N) is 4. The summed E-state index contributed by atoms with van der Waals surface area (Å²) < 4.78 is 20.3. The number of amides is 1. The summed E-state index contributed by atoms with van der Waals surface area (Å²) in [7, 11) is 0. The van der Waals surface area contributed by atoms with Crippen LogP contribution in [-0.2, 0) is 11.4 Å². The summed E-state index contributed by atoms with van der Waals surface area (Å²) in [6.45, 7) is 6.73. The number of carbonyl (C=O) groups is 1. The fourth-order valence-electron chi connectivity index (χ4n) is 5.00. The number of hydrogen-bond acceptors (Lipinski definition) is 7. The van der Waals surface area contributed by atoms with Gasteiger partial charge in [0.1, 0.15) is 35.1 Å². The van der Waals surface area contributed by atoms with Gasteiger partial charge >= 0.3 is 0 Å². The Morgan fingerprint density at radius 2 is 1.95 bits per heavy atom. The first-order valence-corrected chi connectivity index (χ1v) is 15.0. The third-order valence-electron chi connectivity index (χ3n) is 7.32. The largest absolute Gasteiger partial charge is 0.487 e. The lowest BCUT2D eigenvalue weighted by molar-refractivity contribution is -0.127. The summed E-state index contributed by atoms with van der Waals surface area (Å²) in [5, 5.41) is 5.74. The molecular weight excluding hydrogens is 573 g/mol. The van der Waals surface area contributed by atoms with Gasteiger partial charge in [-0.15, -0.1) is 11.3 Å². The number of anilines is 2. The van der Waals surface area contributed by atoms with Crippen LogP contribution in [0.2, 0.25) is 5.02 Å². The minimum absolute atomic E-state index is 0.0450. The average molecular weight is 602 g/mol. The zero-order valence-corrected chi connectivity index (χ0v) is 24.6. The van der Waals surface area contributed by atoms with Crippen LogP contribution in [0.4, 0.5) is 15.9 Å². The molecule has 0 aliphatic carbocycles. The quantitative estimate of drug-likeness (QED) is 0.191. The molecule has 0 atom stereocenters. The van der Waals surface area contributed by atoms with Crippen LogP contribution in [0.3, 0.4) is 0 Å². The smallest absolute Gasteiger partial charge is 0.246 e. The summed E-state index contributed by atoms with van der Waals surface area (Å²) in [5.41, 5.74) is 2.42. The molecule has 0 saturated carbocycles. The second kappa shape index (κ2) is 12.4. The van der Waals surface area contributed by atoms with Crippen molar-refractivity contribution in [3.05, 3.63) is 95.0 Å². The molecule has 1 amide bonds. The van der Waals surface area contributed by atoms with Crippen LogP contribution < -0.4 is 10.1 Å². The lowest BCUT2D eigenvalue weighted by Crippen LogP contribution is -2.48. The molecule has 1 aliphatic rings. The molecule has 3 aromatic carbocycles. The number of carbonyl (C=O) groups excluding carboxylic acids is 1. The molecule has 42 heavy (non-hydrogen) atoms. The molecule has 0 radical (unpaired) electrons. The first kappa shape index (κ1) is 28.1. The molecule has 0 spiro atoms. The van der Waals surface area contributed by atoms with Crippen LogP contribution in [0, 0.1) is 5.82 Å². The highest BCUT2D eigenvalue weighted by molar-refractivity contribution is 7.25. The van der Waals surface area contributed by atoms with Crippen LogP contribution in [0.15, 0.2) is 73.1 Å². The second-order valence-corrected chi connectivity index (χ2v) is 11.5. The number of aromatic nitrogens is 2. The highest BCUT2D eigenvalue weighted by Gasteiger charge is 2.18. The van der Waals surface area contributed by atoms with Gasteiger partial charge in [0.2, 0.25) is 5.91 Å². The number of likely N-dealkylation sites (N-methyl/N-ethyl adjacent to an activating group) is 1. The van der Waals surface area contributed by atoms with Crippen LogP contribution in [-0.4, -0.2) is 58.4 Å². The number of ether oxygens (including phenoxy) is 1. The normalized spacial score (nSPS) is 14.2. The molecule has 1 fully saturated rings. The van der Waals surface area contributed by atoms with Crippen LogP contribution in [0.1, 0.15) is 18.1 Å². The van der Waals surface area contributed by atoms with Gasteiger partial charge in [0, 0.05) is 48.0 Å². The maximum absolute atomic E-state index is 13.5. The van der Waals surface area contributed by atoms with E-state index in [0.29, 0.717) is 16.6 Å².